The molecule has 2 heterocycles. The number of pyridine rings is 1. The molecular formula is C15H13N5OS. The van der Waals surface area contributed by atoms with Crippen molar-refractivity contribution in [2.45, 2.75) is 6.42 Å². The van der Waals surface area contributed by atoms with Gasteiger partial charge in [0.1, 0.15) is 0 Å². The zero-order chi connectivity index (χ0) is 15.4. The normalized spacial score (nSPS) is 10.4. The van der Waals surface area contributed by atoms with Gasteiger partial charge in [-0.25, -0.2) is 0 Å². The van der Waals surface area contributed by atoms with Crippen LogP contribution in [-0.4, -0.2) is 20.2 Å². The molecule has 0 aliphatic carbocycles. The zero-order valence-corrected chi connectivity index (χ0v) is 12.4. The van der Waals surface area contributed by atoms with Crippen LogP contribution in [0.1, 0.15) is 11.5 Å². The van der Waals surface area contributed by atoms with Crippen LogP contribution in [0, 0.1) is 0 Å². The highest BCUT2D eigenvalue weighted by Gasteiger charge is 2.11. The molecule has 3 N–H and O–H groups in total. The van der Waals surface area contributed by atoms with Crippen molar-refractivity contribution in [1.29, 1.82) is 0 Å². The zero-order valence-electron chi connectivity index (χ0n) is 11.6. The van der Waals surface area contributed by atoms with E-state index in [0.717, 1.165) is 16.8 Å². The monoisotopic (exact) mass is 311 g/mol. The van der Waals surface area contributed by atoms with E-state index in [1.807, 2.05) is 36.4 Å². The molecule has 0 bridgehead atoms. The Kier molecular flexibility index (Phi) is 4.06. The minimum Gasteiger partial charge on any atom is -0.376 e. The molecule has 0 amide bonds. The van der Waals surface area contributed by atoms with Gasteiger partial charge in [-0.1, -0.05) is 23.4 Å². The summed E-state index contributed by atoms with van der Waals surface area (Å²) in [6.45, 7) is 0. The van der Waals surface area contributed by atoms with E-state index in [-0.39, 0.29) is 5.11 Å². The second kappa shape index (κ2) is 6.31. The summed E-state index contributed by atoms with van der Waals surface area (Å²) >= 11 is 4.88. The second-order valence-corrected chi connectivity index (χ2v) is 5.02. The first-order valence-electron chi connectivity index (χ1n) is 6.60. The number of nitrogens with two attached hydrogens (primary N) is 1. The first-order valence-corrected chi connectivity index (χ1v) is 7.00. The summed E-state index contributed by atoms with van der Waals surface area (Å²) < 4.78 is 5.30. The highest BCUT2D eigenvalue weighted by Crippen LogP contribution is 2.20. The number of hydrogen-bond acceptors (Lipinski definition) is 5. The van der Waals surface area contributed by atoms with E-state index in [0.29, 0.717) is 18.1 Å². The molecule has 110 valence electrons. The fraction of sp³-hybridized carbons (Fsp3) is 0.0667. The van der Waals surface area contributed by atoms with Gasteiger partial charge in [-0.15, -0.1) is 0 Å². The average molecular weight is 311 g/mol. The molecule has 0 saturated carbocycles. The lowest BCUT2D eigenvalue weighted by Crippen LogP contribution is -2.19. The summed E-state index contributed by atoms with van der Waals surface area (Å²) in [6.07, 6.45) is 3.87. The van der Waals surface area contributed by atoms with E-state index in [4.69, 9.17) is 22.5 Å². The number of para-hydroxylation sites is 1. The fourth-order valence-corrected chi connectivity index (χ4v) is 2.14. The molecule has 2 aromatic heterocycles. The SMILES string of the molecule is NC(=S)Nc1ccccc1Cc1nc(-c2cccnc2)no1. The van der Waals surface area contributed by atoms with Gasteiger partial charge in [0.25, 0.3) is 0 Å². The Hall–Kier alpha value is -2.80. The van der Waals surface area contributed by atoms with Crippen molar-refractivity contribution in [2.75, 3.05) is 5.32 Å². The number of thiocarbonyl (C=S) groups is 1. The Morgan fingerprint density at radius 1 is 1.23 bits per heavy atom. The minimum atomic E-state index is 0.217. The van der Waals surface area contributed by atoms with E-state index in [9.17, 15) is 0 Å². The van der Waals surface area contributed by atoms with Crippen LogP contribution in [0.2, 0.25) is 0 Å². The highest BCUT2D eigenvalue weighted by molar-refractivity contribution is 7.80. The van der Waals surface area contributed by atoms with E-state index < -0.39 is 0 Å². The van der Waals surface area contributed by atoms with Crippen molar-refractivity contribution in [1.82, 2.24) is 15.1 Å². The number of anilines is 1. The third-order valence-electron chi connectivity index (χ3n) is 3.00. The Morgan fingerprint density at radius 3 is 2.86 bits per heavy atom. The fourth-order valence-electron chi connectivity index (χ4n) is 2.03. The number of nitrogens with zero attached hydrogens (tertiary/aromatic N) is 3. The summed E-state index contributed by atoms with van der Waals surface area (Å²) in [7, 11) is 0. The van der Waals surface area contributed by atoms with Crippen molar-refractivity contribution in [3.05, 3.63) is 60.2 Å². The Bertz CT molecular complexity index is 787. The Morgan fingerprint density at radius 2 is 2.09 bits per heavy atom. The predicted octanol–water partition coefficient (Wildman–Crippen LogP) is 2.38. The molecule has 7 heteroatoms. The van der Waals surface area contributed by atoms with Crippen molar-refractivity contribution in [3.63, 3.8) is 0 Å². The molecule has 0 fully saturated rings. The number of hydrogen-bond donors (Lipinski definition) is 2. The molecule has 0 unspecified atom stereocenters. The molecule has 3 aromatic rings. The maximum absolute atomic E-state index is 5.53. The number of nitrogens with one attached hydrogen (secondary N) is 1. The van der Waals surface area contributed by atoms with Crippen LogP contribution in [0.3, 0.4) is 0 Å². The second-order valence-electron chi connectivity index (χ2n) is 4.58. The van der Waals surface area contributed by atoms with Crippen molar-refractivity contribution in [3.8, 4) is 11.4 Å². The van der Waals surface area contributed by atoms with E-state index in [1.165, 1.54) is 0 Å². The van der Waals surface area contributed by atoms with Crippen LogP contribution in [-0.2, 0) is 6.42 Å². The first-order chi connectivity index (χ1) is 10.7. The van der Waals surface area contributed by atoms with E-state index in [2.05, 4.69) is 20.4 Å². The van der Waals surface area contributed by atoms with Gasteiger partial charge < -0.3 is 15.6 Å². The maximum atomic E-state index is 5.53. The van der Waals surface area contributed by atoms with E-state index in [1.54, 1.807) is 12.4 Å². The van der Waals surface area contributed by atoms with Gasteiger partial charge in [0.05, 0.1) is 6.42 Å². The Balaban J connectivity index is 1.83. The average Bonchev–Trinajstić information content (AvgIpc) is 2.98. The molecule has 22 heavy (non-hydrogen) atoms. The van der Waals surface area contributed by atoms with Gasteiger partial charge in [0, 0.05) is 23.6 Å². The predicted molar refractivity (Wildman–Crippen MR) is 87.2 cm³/mol. The minimum absolute atomic E-state index is 0.217. The van der Waals surface area contributed by atoms with Crippen molar-refractivity contribution in [2.24, 2.45) is 5.73 Å². The summed E-state index contributed by atoms with van der Waals surface area (Å²) in [4.78, 5) is 8.43. The quantitative estimate of drug-likeness (QED) is 0.715. The van der Waals surface area contributed by atoms with Gasteiger partial charge in [-0.3, -0.25) is 4.98 Å². The third kappa shape index (κ3) is 3.26. The van der Waals surface area contributed by atoms with Gasteiger partial charge in [-0.2, -0.15) is 4.98 Å². The Labute approximate surface area is 132 Å². The molecule has 0 aliphatic rings. The maximum Gasteiger partial charge on any atom is 0.231 e. The number of rotatable bonds is 4. The molecule has 0 spiro atoms. The van der Waals surface area contributed by atoms with Crippen LogP contribution in [0.25, 0.3) is 11.4 Å². The van der Waals surface area contributed by atoms with Crippen LogP contribution < -0.4 is 11.1 Å². The summed E-state index contributed by atoms with van der Waals surface area (Å²) in [5, 5.41) is 7.13. The summed E-state index contributed by atoms with van der Waals surface area (Å²) in [6, 6.07) is 11.4. The molecule has 1 aromatic carbocycles. The molecule has 0 saturated heterocycles. The molecule has 0 atom stereocenters. The molecule has 3 rings (SSSR count). The standard InChI is InChI=1S/C15H13N5OS/c16-15(22)18-12-6-2-1-4-10(12)8-13-19-14(20-21-13)11-5-3-7-17-9-11/h1-7,9H,8H2,(H3,16,18,22). The molecule has 6 nitrogen and oxygen atoms in total. The molecule has 0 radical (unpaired) electrons. The van der Waals surface area contributed by atoms with Crippen molar-refractivity contribution < 1.29 is 4.52 Å². The van der Waals surface area contributed by atoms with E-state index >= 15 is 0 Å². The van der Waals surface area contributed by atoms with Gasteiger partial charge in [0.2, 0.25) is 11.7 Å². The van der Waals surface area contributed by atoms with Crippen LogP contribution in [0.4, 0.5) is 5.69 Å². The number of aromatic nitrogens is 3. The van der Waals surface area contributed by atoms with Gasteiger partial charge in [0.15, 0.2) is 5.11 Å². The van der Waals surface area contributed by atoms with Gasteiger partial charge >= 0.3 is 0 Å². The van der Waals surface area contributed by atoms with Crippen molar-refractivity contribution >= 4 is 23.0 Å². The highest BCUT2D eigenvalue weighted by atomic mass is 32.1. The van der Waals surface area contributed by atoms with Crippen LogP contribution >= 0.6 is 12.2 Å². The topological polar surface area (TPSA) is 89.9 Å². The van der Waals surface area contributed by atoms with Crippen LogP contribution in [0.15, 0.2) is 53.3 Å². The lowest BCUT2D eigenvalue weighted by molar-refractivity contribution is 0.386. The molecule has 0 aliphatic heterocycles. The lowest BCUT2D eigenvalue weighted by Gasteiger charge is -2.08. The van der Waals surface area contributed by atoms with Gasteiger partial charge in [-0.05, 0) is 36.0 Å². The van der Waals surface area contributed by atoms with Crippen LogP contribution in [0.5, 0.6) is 0 Å². The first kappa shape index (κ1) is 14.2. The number of benzene rings is 1. The lowest BCUT2D eigenvalue weighted by atomic mass is 10.1. The third-order valence-corrected chi connectivity index (χ3v) is 3.11. The summed E-state index contributed by atoms with van der Waals surface area (Å²) in [5.41, 5.74) is 8.14. The largest absolute Gasteiger partial charge is 0.376 e. The smallest absolute Gasteiger partial charge is 0.231 e. The molecular weight excluding hydrogens is 298 g/mol. The summed E-state index contributed by atoms with van der Waals surface area (Å²) in [5.74, 6) is 1.03.